The summed E-state index contributed by atoms with van der Waals surface area (Å²) in [6.45, 7) is 3.06. The van der Waals surface area contributed by atoms with Crippen LogP contribution >= 0.6 is 11.6 Å². The van der Waals surface area contributed by atoms with E-state index in [0.717, 1.165) is 5.56 Å². The van der Waals surface area contributed by atoms with Gasteiger partial charge in [0.05, 0.1) is 17.7 Å². The van der Waals surface area contributed by atoms with Gasteiger partial charge < -0.3 is 18.9 Å². The van der Waals surface area contributed by atoms with Crippen LogP contribution in [0.1, 0.15) is 30.9 Å². The maximum Gasteiger partial charge on any atom is 0.258 e. The molecule has 1 fully saturated rings. The molecule has 2 heterocycles. The third kappa shape index (κ3) is 6.16. The lowest BCUT2D eigenvalue weighted by atomic mass is 10.2. The van der Waals surface area contributed by atoms with Crippen molar-refractivity contribution in [2.45, 2.75) is 37.3 Å². The number of carbonyl (C=O) groups excluding carboxylic acids is 1. The van der Waals surface area contributed by atoms with Gasteiger partial charge in [-0.1, -0.05) is 17.7 Å². The average Bonchev–Trinajstić information content (AvgIpc) is 3.63. The number of ether oxygens (including phenoxy) is 4. The summed E-state index contributed by atoms with van der Waals surface area (Å²) in [7, 11) is -3.85. The summed E-state index contributed by atoms with van der Waals surface area (Å²) in [6, 6.07) is 15.9. The molecule has 2 aliphatic rings. The summed E-state index contributed by atoms with van der Waals surface area (Å²) in [5.74, 6) is 1.96. The number of hydrogen-bond donors (Lipinski definition) is 1. The molecular weight excluding hydrogens is 558 g/mol. The Morgan fingerprint density at radius 1 is 1.07 bits per heavy atom. The molecule has 210 valence electrons. The summed E-state index contributed by atoms with van der Waals surface area (Å²) >= 11 is 5.89. The predicted molar refractivity (Wildman–Crippen MR) is 149 cm³/mol. The molecule has 2 aliphatic heterocycles. The van der Waals surface area contributed by atoms with E-state index in [0.29, 0.717) is 59.6 Å². The van der Waals surface area contributed by atoms with Gasteiger partial charge >= 0.3 is 0 Å². The third-order valence-electron chi connectivity index (χ3n) is 6.41. The second-order valence-corrected chi connectivity index (χ2v) is 11.4. The fourth-order valence-electron chi connectivity index (χ4n) is 4.46. The van der Waals surface area contributed by atoms with Gasteiger partial charge in [0.1, 0.15) is 12.6 Å². The molecule has 10 nitrogen and oxygen atoms in total. The number of sulfonamides is 1. The lowest BCUT2D eigenvalue weighted by Gasteiger charge is -2.22. The highest BCUT2D eigenvalue weighted by Gasteiger charge is 2.39. The van der Waals surface area contributed by atoms with Gasteiger partial charge in [0, 0.05) is 11.6 Å². The van der Waals surface area contributed by atoms with Crippen LogP contribution < -0.4 is 24.4 Å². The van der Waals surface area contributed by atoms with E-state index >= 15 is 0 Å². The van der Waals surface area contributed by atoms with Gasteiger partial charge in [0.15, 0.2) is 23.0 Å². The van der Waals surface area contributed by atoms with Crippen molar-refractivity contribution >= 4 is 33.7 Å². The molecule has 12 heteroatoms. The second-order valence-electron chi connectivity index (χ2n) is 9.08. The lowest BCUT2D eigenvalue weighted by molar-refractivity contribution is -0.124. The zero-order chi connectivity index (χ0) is 28.1. The van der Waals surface area contributed by atoms with E-state index in [9.17, 15) is 13.2 Å². The standard InChI is InChI=1S/C28H28ClN3O7S/c1-2-36-26-14-19(5-11-24(26)37-17-20-6-12-25-27(15-20)39-18-38-25)16-30-31-28(33)23-4-3-13-32(23)40(34,35)22-9-7-21(29)8-10-22/h5-12,14-16,23H,2-4,13,17-18H2,1H3,(H,31,33)/b30-16-/t23-/m1/s1. The molecule has 40 heavy (non-hydrogen) atoms. The quantitative estimate of drug-likeness (QED) is 0.278. The molecule has 5 rings (SSSR count). The minimum atomic E-state index is -3.85. The Balaban J connectivity index is 1.22. The molecule has 3 aromatic carbocycles. The number of rotatable bonds is 10. The smallest absolute Gasteiger partial charge is 0.258 e. The van der Waals surface area contributed by atoms with Crippen LogP contribution in [0.5, 0.6) is 23.0 Å². The van der Waals surface area contributed by atoms with Crippen molar-refractivity contribution in [1.29, 1.82) is 0 Å². The zero-order valence-electron chi connectivity index (χ0n) is 21.7. The van der Waals surface area contributed by atoms with E-state index in [1.54, 1.807) is 18.2 Å². The number of carbonyl (C=O) groups is 1. The van der Waals surface area contributed by atoms with E-state index < -0.39 is 22.0 Å². The summed E-state index contributed by atoms with van der Waals surface area (Å²) in [6.07, 6.45) is 2.44. The van der Waals surface area contributed by atoms with Crippen LogP contribution in [0, 0.1) is 0 Å². The van der Waals surface area contributed by atoms with Gasteiger partial charge in [-0.2, -0.15) is 9.41 Å². The topological polar surface area (TPSA) is 116 Å². The SMILES string of the molecule is CCOc1cc(/C=N\NC(=O)[C@H]2CCCN2S(=O)(=O)c2ccc(Cl)cc2)ccc1OCc1ccc2c(c1)OCO2. The average molecular weight is 586 g/mol. The Bertz CT molecular complexity index is 1510. The molecule has 0 bridgehead atoms. The number of benzene rings is 3. The highest BCUT2D eigenvalue weighted by atomic mass is 35.5. The number of halogens is 1. The number of nitrogens with zero attached hydrogens (tertiary/aromatic N) is 2. The fraction of sp³-hybridized carbons (Fsp3) is 0.286. The molecule has 1 N–H and O–H groups in total. The van der Waals surface area contributed by atoms with E-state index in [-0.39, 0.29) is 18.2 Å². The van der Waals surface area contributed by atoms with Gasteiger partial charge in [-0.15, -0.1) is 0 Å². The number of hydrogen-bond acceptors (Lipinski definition) is 8. The molecule has 1 saturated heterocycles. The Hall–Kier alpha value is -3.80. The van der Waals surface area contributed by atoms with Gasteiger partial charge in [0.25, 0.3) is 5.91 Å². The lowest BCUT2D eigenvalue weighted by Crippen LogP contribution is -2.44. The summed E-state index contributed by atoms with van der Waals surface area (Å²) in [4.78, 5) is 13.0. The monoisotopic (exact) mass is 585 g/mol. The summed E-state index contributed by atoms with van der Waals surface area (Å²) in [5.41, 5.74) is 4.06. The van der Waals surface area contributed by atoms with Crippen LogP contribution in [-0.4, -0.2) is 50.8 Å². The first-order valence-electron chi connectivity index (χ1n) is 12.7. The van der Waals surface area contributed by atoms with Crippen LogP contribution in [0.15, 0.2) is 70.7 Å². The molecule has 0 aromatic heterocycles. The largest absolute Gasteiger partial charge is 0.490 e. The Kier molecular flexibility index (Phi) is 8.43. The number of amides is 1. The molecule has 3 aromatic rings. The highest BCUT2D eigenvalue weighted by Crippen LogP contribution is 2.34. The van der Waals surface area contributed by atoms with Crippen molar-refractivity contribution in [3.63, 3.8) is 0 Å². The normalized spacial score (nSPS) is 16.8. The van der Waals surface area contributed by atoms with E-state index in [1.165, 1.54) is 34.8 Å². The Morgan fingerprint density at radius 2 is 1.88 bits per heavy atom. The molecule has 0 radical (unpaired) electrons. The maximum atomic E-state index is 13.1. The van der Waals surface area contributed by atoms with Crippen LogP contribution in [0.4, 0.5) is 0 Å². The van der Waals surface area contributed by atoms with E-state index in [4.69, 9.17) is 30.5 Å². The summed E-state index contributed by atoms with van der Waals surface area (Å²) in [5, 5.41) is 4.49. The predicted octanol–water partition coefficient (Wildman–Crippen LogP) is 4.35. The molecule has 0 aliphatic carbocycles. The molecule has 0 spiro atoms. The Morgan fingerprint density at radius 3 is 2.67 bits per heavy atom. The highest BCUT2D eigenvalue weighted by molar-refractivity contribution is 7.89. The van der Waals surface area contributed by atoms with Gasteiger partial charge in [0.2, 0.25) is 16.8 Å². The first-order chi connectivity index (χ1) is 19.3. The second kappa shape index (κ2) is 12.2. The van der Waals surface area contributed by atoms with Crippen LogP contribution in [0.2, 0.25) is 5.02 Å². The van der Waals surface area contributed by atoms with Crippen molar-refractivity contribution in [3.05, 3.63) is 76.8 Å². The van der Waals surface area contributed by atoms with Gasteiger partial charge in [-0.05, 0) is 85.5 Å². The minimum absolute atomic E-state index is 0.0874. The number of nitrogens with one attached hydrogen (secondary N) is 1. The number of fused-ring (bicyclic) bond motifs is 1. The van der Waals surface area contributed by atoms with Gasteiger partial charge in [-0.25, -0.2) is 13.8 Å². The van der Waals surface area contributed by atoms with Crippen molar-refractivity contribution in [2.24, 2.45) is 5.10 Å². The van der Waals surface area contributed by atoms with E-state index in [2.05, 4.69) is 10.5 Å². The molecule has 0 saturated carbocycles. The van der Waals surface area contributed by atoms with Crippen molar-refractivity contribution in [2.75, 3.05) is 19.9 Å². The van der Waals surface area contributed by atoms with E-state index in [1.807, 2.05) is 25.1 Å². The van der Waals surface area contributed by atoms with Gasteiger partial charge in [-0.3, -0.25) is 4.79 Å². The number of hydrazone groups is 1. The first-order valence-corrected chi connectivity index (χ1v) is 14.6. The molecule has 1 amide bonds. The maximum absolute atomic E-state index is 13.1. The minimum Gasteiger partial charge on any atom is -0.490 e. The first kappa shape index (κ1) is 27.8. The van der Waals surface area contributed by atoms with Crippen molar-refractivity contribution < 1.29 is 32.2 Å². The third-order valence-corrected chi connectivity index (χ3v) is 8.59. The fourth-order valence-corrected chi connectivity index (χ4v) is 6.24. The van der Waals surface area contributed by atoms with Crippen molar-refractivity contribution in [3.8, 4) is 23.0 Å². The van der Waals surface area contributed by atoms with Crippen LogP contribution in [0.25, 0.3) is 0 Å². The molecular formula is C28H28ClN3O7S. The molecule has 1 atom stereocenters. The van der Waals surface area contributed by atoms with Crippen LogP contribution in [0.3, 0.4) is 0 Å². The molecule has 0 unspecified atom stereocenters. The van der Waals surface area contributed by atoms with Crippen molar-refractivity contribution in [1.82, 2.24) is 9.73 Å². The van der Waals surface area contributed by atoms with Crippen LogP contribution in [-0.2, 0) is 21.4 Å². The Labute approximate surface area is 237 Å². The summed E-state index contributed by atoms with van der Waals surface area (Å²) < 4.78 is 49.9. The zero-order valence-corrected chi connectivity index (χ0v) is 23.3.